The second-order valence-electron chi connectivity index (χ2n) is 6.19. The van der Waals surface area contributed by atoms with Gasteiger partial charge in [0.05, 0.1) is 17.2 Å². The summed E-state index contributed by atoms with van der Waals surface area (Å²) in [7, 11) is 0. The van der Waals surface area contributed by atoms with Crippen LogP contribution in [0.3, 0.4) is 0 Å². The normalized spacial score (nSPS) is 14.5. The molecule has 132 valence electrons. The molecule has 0 bridgehead atoms. The Morgan fingerprint density at radius 3 is 2.38 bits per heavy atom. The SMILES string of the molecule is N#Cc1ccc(N2CCC(NC(=O)c3ccc(C(N)=O)cn3)CC2)cc1. The second-order valence-corrected chi connectivity index (χ2v) is 6.19. The number of rotatable bonds is 4. The predicted octanol–water partition coefficient (Wildman–Crippen LogP) is 1.45. The van der Waals surface area contributed by atoms with Crippen LogP contribution in [0.15, 0.2) is 42.6 Å². The summed E-state index contributed by atoms with van der Waals surface area (Å²) in [5.41, 5.74) is 7.44. The smallest absolute Gasteiger partial charge is 0.270 e. The molecule has 3 rings (SSSR count). The molecule has 1 fully saturated rings. The van der Waals surface area contributed by atoms with E-state index in [1.165, 1.54) is 18.3 Å². The van der Waals surface area contributed by atoms with Crippen LogP contribution < -0.4 is 16.0 Å². The molecule has 0 aliphatic carbocycles. The summed E-state index contributed by atoms with van der Waals surface area (Å²) in [6.07, 6.45) is 2.96. The van der Waals surface area contributed by atoms with Crippen molar-refractivity contribution in [2.24, 2.45) is 5.73 Å². The Bertz CT molecular complexity index is 832. The minimum Gasteiger partial charge on any atom is -0.371 e. The minimum absolute atomic E-state index is 0.0785. The zero-order chi connectivity index (χ0) is 18.5. The standard InChI is InChI=1S/C19H19N5O2/c20-11-13-1-4-16(5-2-13)24-9-7-15(8-10-24)23-19(26)17-6-3-14(12-22-17)18(21)25/h1-6,12,15H,7-10H2,(H2,21,25)(H,23,26). The van der Waals surface area contributed by atoms with E-state index in [-0.39, 0.29) is 23.2 Å². The van der Waals surface area contributed by atoms with Crippen LogP contribution in [0.2, 0.25) is 0 Å². The first-order valence-corrected chi connectivity index (χ1v) is 8.38. The first kappa shape index (κ1) is 17.4. The highest BCUT2D eigenvalue weighted by Gasteiger charge is 2.22. The molecule has 0 radical (unpaired) electrons. The van der Waals surface area contributed by atoms with Crippen molar-refractivity contribution in [3.8, 4) is 6.07 Å². The van der Waals surface area contributed by atoms with Gasteiger partial charge < -0.3 is 16.0 Å². The fourth-order valence-corrected chi connectivity index (χ4v) is 2.96. The number of nitriles is 1. The molecule has 1 aromatic carbocycles. The van der Waals surface area contributed by atoms with Crippen LogP contribution in [0.1, 0.15) is 39.3 Å². The van der Waals surface area contributed by atoms with E-state index in [4.69, 9.17) is 11.0 Å². The number of hydrogen-bond acceptors (Lipinski definition) is 5. The summed E-state index contributed by atoms with van der Waals surface area (Å²) in [5, 5.41) is 11.8. The van der Waals surface area contributed by atoms with Gasteiger partial charge in [-0.3, -0.25) is 14.6 Å². The summed E-state index contributed by atoms with van der Waals surface area (Å²) >= 11 is 0. The van der Waals surface area contributed by atoms with Crippen LogP contribution in [0, 0.1) is 11.3 Å². The molecular weight excluding hydrogens is 330 g/mol. The molecule has 0 unspecified atom stereocenters. The quantitative estimate of drug-likeness (QED) is 0.867. The Hall–Kier alpha value is -3.40. The lowest BCUT2D eigenvalue weighted by Gasteiger charge is -2.34. The number of carbonyl (C=O) groups is 2. The number of amides is 2. The number of carbonyl (C=O) groups excluding carboxylic acids is 2. The van der Waals surface area contributed by atoms with E-state index in [9.17, 15) is 9.59 Å². The Morgan fingerprint density at radius 1 is 1.15 bits per heavy atom. The molecule has 0 saturated carbocycles. The van der Waals surface area contributed by atoms with E-state index in [1.54, 1.807) is 0 Å². The van der Waals surface area contributed by atoms with E-state index in [0.29, 0.717) is 5.56 Å². The number of pyridine rings is 1. The lowest BCUT2D eigenvalue weighted by atomic mass is 10.0. The van der Waals surface area contributed by atoms with Gasteiger partial charge in [-0.2, -0.15) is 5.26 Å². The van der Waals surface area contributed by atoms with Crippen molar-refractivity contribution in [3.63, 3.8) is 0 Å². The van der Waals surface area contributed by atoms with Gasteiger partial charge in [-0.1, -0.05) is 0 Å². The third-order valence-electron chi connectivity index (χ3n) is 4.47. The van der Waals surface area contributed by atoms with Crippen molar-refractivity contribution < 1.29 is 9.59 Å². The Kier molecular flexibility index (Phi) is 5.13. The van der Waals surface area contributed by atoms with E-state index in [2.05, 4.69) is 21.3 Å². The van der Waals surface area contributed by atoms with Crippen molar-refractivity contribution >= 4 is 17.5 Å². The van der Waals surface area contributed by atoms with Crippen molar-refractivity contribution in [3.05, 3.63) is 59.4 Å². The molecule has 0 atom stereocenters. The predicted molar refractivity (Wildman–Crippen MR) is 96.6 cm³/mol. The molecule has 2 amide bonds. The Labute approximate surface area is 151 Å². The number of primary amides is 1. The summed E-state index contributed by atoms with van der Waals surface area (Å²) in [4.78, 5) is 29.6. The summed E-state index contributed by atoms with van der Waals surface area (Å²) in [6.45, 7) is 1.65. The van der Waals surface area contributed by atoms with Gasteiger partial charge in [0.2, 0.25) is 5.91 Å². The fourth-order valence-electron chi connectivity index (χ4n) is 2.96. The second kappa shape index (κ2) is 7.66. The molecule has 7 heteroatoms. The number of aromatic nitrogens is 1. The highest BCUT2D eigenvalue weighted by molar-refractivity contribution is 5.95. The fraction of sp³-hybridized carbons (Fsp3) is 0.263. The van der Waals surface area contributed by atoms with Crippen molar-refractivity contribution in [1.82, 2.24) is 10.3 Å². The summed E-state index contributed by atoms with van der Waals surface area (Å²) in [5.74, 6) is -0.822. The Balaban J connectivity index is 1.53. The number of nitrogens with two attached hydrogens (primary N) is 1. The van der Waals surface area contributed by atoms with Gasteiger partial charge in [0.1, 0.15) is 5.69 Å². The summed E-state index contributed by atoms with van der Waals surface area (Å²) < 4.78 is 0. The average Bonchev–Trinajstić information content (AvgIpc) is 2.68. The third-order valence-corrected chi connectivity index (χ3v) is 4.47. The molecule has 2 heterocycles. The van der Waals surface area contributed by atoms with Gasteiger partial charge in [-0.25, -0.2) is 0 Å². The zero-order valence-electron chi connectivity index (χ0n) is 14.2. The zero-order valence-corrected chi connectivity index (χ0v) is 14.2. The highest BCUT2D eigenvalue weighted by Crippen LogP contribution is 2.20. The average molecular weight is 349 g/mol. The Morgan fingerprint density at radius 2 is 1.85 bits per heavy atom. The van der Waals surface area contributed by atoms with Crippen molar-refractivity contribution in [2.45, 2.75) is 18.9 Å². The van der Waals surface area contributed by atoms with Crippen LogP contribution in [0.5, 0.6) is 0 Å². The molecule has 1 aromatic heterocycles. The van der Waals surface area contributed by atoms with Gasteiger partial charge in [0, 0.05) is 31.0 Å². The minimum atomic E-state index is -0.570. The van der Waals surface area contributed by atoms with Crippen LogP contribution in [-0.2, 0) is 0 Å². The van der Waals surface area contributed by atoms with Crippen LogP contribution >= 0.6 is 0 Å². The van der Waals surface area contributed by atoms with Gasteiger partial charge in [-0.15, -0.1) is 0 Å². The largest absolute Gasteiger partial charge is 0.371 e. The van der Waals surface area contributed by atoms with E-state index in [1.807, 2.05) is 24.3 Å². The number of nitrogens with one attached hydrogen (secondary N) is 1. The van der Waals surface area contributed by atoms with E-state index >= 15 is 0 Å². The van der Waals surface area contributed by atoms with Crippen molar-refractivity contribution in [1.29, 1.82) is 5.26 Å². The summed E-state index contributed by atoms with van der Waals surface area (Å²) in [6, 6.07) is 12.7. The van der Waals surface area contributed by atoms with Gasteiger partial charge in [0.15, 0.2) is 0 Å². The van der Waals surface area contributed by atoms with Crippen LogP contribution in [-0.4, -0.2) is 35.9 Å². The number of nitrogens with zero attached hydrogens (tertiary/aromatic N) is 3. The van der Waals surface area contributed by atoms with Crippen molar-refractivity contribution in [2.75, 3.05) is 18.0 Å². The van der Waals surface area contributed by atoms with E-state index in [0.717, 1.165) is 31.6 Å². The number of piperidine rings is 1. The van der Waals surface area contributed by atoms with Gasteiger partial charge in [-0.05, 0) is 49.2 Å². The molecule has 1 aliphatic heterocycles. The molecular formula is C19H19N5O2. The first-order chi connectivity index (χ1) is 12.6. The maximum Gasteiger partial charge on any atom is 0.270 e. The van der Waals surface area contributed by atoms with Crippen LogP contribution in [0.4, 0.5) is 5.69 Å². The molecule has 0 spiro atoms. The monoisotopic (exact) mass is 349 g/mol. The first-order valence-electron chi connectivity index (χ1n) is 8.38. The molecule has 1 aliphatic rings. The maximum absolute atomic E-state index is 12.3. The van der Waals surface area contributed by atoms with Gasteiger partial charge in [0.25, 0.3) is 5.91 Å². The highest BCUT2D eigenvalue weighted by atomic mass is 16.2. The molecule has 7 nitrogen and oxygen atoms in total. The number of hydrogen-bond donors (Lipinski definition) is 2. The number of anilines is 1. The third kappa shape index (κ3) is 3.98. The molecule has 1 saturated heterocycles. The lowest BCUT2D eigenvalue weighted by Crippen LogP contribution is -2.44. The van der Waals surface area contributed by atoms with Gasteiger partial charge >= 0.3 is 0 Å². The molecule has 26 heavy (non-hydrogen) atoms. The maximum atomic E-state index is 12.3. The number of benzene rings is 1. The van der Waals surface area contributed by atoms with Crippen LogP contribution in [0.25, 0.3) is 0 Å². The van der Waals surface area contributed by atoms with E-state index < -0.39 is 5.91 Å². The topological polar surface area (TPSA) is 112 Å². The lowest BCUT2D eigenvalue weighted by molar-refractivity contribution is 0.0923. The molecule has 3 N–H and O–H groups in total. The molecule has 2 aromatic rings.